The van der Waals surface area contributed by atoms with E-state index in [-0.39, 0.29) is 0 Å². The van der Waals surface area contributed by atoms with Crippen molar-refractivity contribution in [3.8, 4) is 0 Å². The van der Waals surface area contributed by atoms with Crippen molar-refractivity contribution in [2.24, 2.45) is 0 Å². The molecule has 0 bridgehead atoms. The summed E-state index contributed by atoms with van der Waals surface area (Å²) in [6.45, 7) is 0. The summed E-state index contributed by atoms with van der Waals surface area (Å²) in [5, 5.41) is 5.39. The number of carbonyl (C=O) groups is 1. The number of hydrogen-bond acceptors (Lipinski definition) is 2. The van der Waals surface area contributed by atoms with Crippen LogP contribution in [-0.2, 0) is 4.57 Å². The van der Waals surface area contributed by atoms with Gasteiger partial charge in [-0.25, -0.2) is 4.79 Å². The fraction of sp³-hybridized carbons (Fsp3) is 0. The predicted molar refractivity (Wildman–Crippen MR) is 72.1 cm³/mol. The molecule has 0 spiro atoms. The first-order chi connectivity index (χ1) is 7.87. The molecule has 92 valence electrons. The fourth-order valence-electron chi connectivity index (χ4n) is 0.900. The van der Waals surface area contributed by atoms with E-state index in [1.807, 2.05) is 0 Å². The molecule has 17 heavy (non-hydrogen) atoms. The first-order valence-electron chi connectivity index (χ1n) is 4.37. The molecule has 0 aliphatic carbocycles. The smallest absolute Gasteiger partial charge is 0.314 e. The maximum Gasteiger partial charge on any atom is 0.323 e. The standard InChI is InChI=1S/C9H8Cl3N2O2P/c10-7-1-3-8(4-2-7)14-9(15)13-5-6-17(11,12)16/h1-6H,(H2,13,14,15)/b6-5+. The summed E-state index contributed by atoms with van der Waals surface area (Å²) in [6.07, 6.45) is 1.12. The van der Waals surface area contributed by atoms with Crippen molar-refractivity contribution in [3.05, 3.63) is 41.3 Å². The van der Waals surface area contributed by atoms with E-state index in [1.165, 1.54) is 0 Å². The Morgan fingerprint density at radius 1 is 1.24 bits per heavy atom. The molecule has 0 radical (unpaired) electrons. The van der Waals surface area contributed by atoms with Crippen LogP contribution in [0.2, 0.25) is 5.02 Å². The number of hydrogen-bond donors (Lipinski definition) is 2. The lowest BCUT2D eigenvalue weighted by molar-refractivity contribution is 0.255. The summed E-state index contributed by atoms with van der Waals surface area (Å²) in [7, 11) is 0. The van der Waals surface area contributed by atoms with Gasteiger partial charge in [0.15, 0.2) is 0 Å². The van der Waals surface area contributed by atoms with Gasteiger partial charge >= 0.3 is 6.03 Å². The van der Waals surface area contributed by atoms with Crippen LogP contribution >= 0.6 is 39.9 Å². The molecule has 0 unspecified atom stereocenters. The summed E-state index contributed by atoms with van der Waals surface area (Å²) < 4.78 is 10.8. The lowest BCUT2D eigenvalue weighted by Crippen LogP contribution is -2.23. The van der Waals surface area contributed by atoms with Gasteiger partial charge in [-0.1, -0.05) is 11.6 Å². The fourth-order valence-corrected chi connectivity index (χ4v) is 1.61. The zero-order valence-electron chi connectivity index (χ0n) is 8.36. The second-order valence-electron chi connectivity index (χ2n) is 2.92. The van der Waals surface area contributed by atoms with Gasteiger partial charge in [0.2, 0.25) is 0 Å². The molecule has 0 saturated heterocycles. The van der Waals surface area contributed by atoms with Crippen LogP contribution in [0.5, 0.6) is 0 Å². The molecule has 0 saturated carbocycles. The molecule has 0 heterocycles. The molecule has 8 heteroatoms. The third kappa shape index (κ3) is 6.59. The van der Waals surface area contributed by atoms with Crippen molar-refractivity contribution in [1.29, 1.82) is 0 Å². The Balaban J connectivity index is 2.48. The molecule has 4 nitrogen and oxygen atoms in total. The number of nitrogens with one attached hydrogen (secondary N) is 2. The zero-order chi connectivity index (χ0) is 12.9. The number of halogens is 3. The van der Waals surface area contributed by atoms with Crippen LogP contribution in [0.25, 0.3) is 0 Å². The first-order valence-corrected chi connectivity index (χ1v) is 8.33. The number of benzene rings is 1. The van der Waals surface area contributed by atoms with E-state index in [9.17, 15) is 9.36 Å². The molecule has 0 atom stereocenters. The number of rotatable bonds is 3. The SMILES string of the molecule is O=C(N/C=C/P(=O)(Cl)Cl)Nc1ccc(Cl)cc1. The highest BCUT2D eigenvalue weighted by atomic mass is 35.9. The normalized spacial score (nSPS) is 11.5. The quantitative estimate of drug-likeness (QED) is 0.801. The van der Waals surface area contributed by atoms with E-state index in [2.05, 4.69) is 10.6 Å². The Morgan fingerprint density at radius 2 is 1.82 bits per heavy atom. The van der Waals surface area contributed by atoms with Crippen LogP contribution in [0.1, 0.15) is 0 Å². The van der Waals surface area contributed by atoms with Crippen molar-refractivity contribution in [2.75, 3.05) is 5.32 Å². The number of urea groups is 1. The Hall–Kier alpha value is -0.670. The van der Waals surface area contributed by atoms with Gasteiger partial charge in [0.1, 0.15) is 0 Å². The molecule has 0 fully saturated rings. The summed E-state index contributed by atoms with van der Waals surface area (Å²) in [4.78, 5) is 11.3. The van der Waals surface area contributed by atoms with E-state index < -0.39 is 11.9 Å². The summed E-state index contributed by atoms with van der Waals surface area (Å²) in [6, 6.07) is 6.04. The Labute approximate surface area is 113 Å². The molecule has 1 rings (SSSR count). The second-order valence-corrected chi connectivity index (χ2v) is 8.20. The third-order valence-electron chi connectivity index (χ3n) is 1.56. The van der Waals surface area contributed by atoms with Crippen molar-refractivity contribution in [2.45, 2.75) is 0 Å². The lowest BCUT2D eigenvalue weighted by atomic mass is 10.3. The Morgan fingerprint density at radius 3 is 2.35 bits per heavy atom. The van der Waals surface area contributed by atoms with E-state index in [0.29, 0.717) is 10.7 Å². The van der Waals surface area contributed by atoms with E-state index in [1.54, 1.807) is 24.3 Å². The molecule has 1 aromatic carbocycles. The average Bonchev–Trinajstić information content (AvgIpc) is 2.19. The summed E-state index contributed by atoms with van der Waals surface area (Å²) in [5.74, 6) is -2.30. The van der Waals surface area contributed by atoms with Gasteiger partial charge in [-0.15, -0.1) is 0 Å². The zero-order valence-corrected chi connectivity index (χ0v) is 11.5. The van der Waals surface area contributed by atoms with Gasteiger partial charge in [0.05, 0.1) is 0 Å². The van der Waals surface area contributed by atoms with Crippen molar-refractivity contribution in [1.82, 2.24) is 5.32 Å². The third-order valence-corrected chi connectivity index (χ3v) is 2.99. The minimum Gasteiger partial charge on any atom is -0.314 e. The topological polar surface area (TPSA) is 58.2 Å². The van der Waals surface area contributed by atoms with Crippen LogP contribution in [0.4, 0.5) is 10.5 Å². The van der Waals surface area contributed by atoms with E-state index >= 15 is 0 Å². The van der Waals surface area contributed by atoms with Gasteiger partial charge in [-0.05, 0) is 46.7 Å². The van der Waals surface area contributed by atoms with Crippen LogP contribution < -0.4 is 10.6 Å². The first kappa shape index (κ1) is 14.4. The Kier molecular flexibility index (Phi) is 5.34. The van der Waals surface area contributed by atoms with Crippen molar-refractivity contribution < 1.29 is 9.36 Å². The van der Waals surface area contributed by atoms with Crippen LogP contribution in [0.3, 0.4) is 0 Å². The highest BCUT2D eigenvalue weighted by Gasteiger charge is 2.07. The average molecular weight is 314 g/mol. The summed E-state index contributed by atoms with van der Waals surface area (Å²) in [5.41, 5.74) is 0.570. The predicted octanol–water partition coefficient (Wildman–Crippen LogP) is 4.60. The molecule has 0 aromatic heterocycles. The highest BCUT2D eigenvalue weighted by molar-refractivity contribution is 8.10. The monoisotopic (exact) mass is 312 g/mol. The minimum atomic E-state index is -3.31. The number of anilines is 1. The largest absolute Gasteiger partial charge is 0.323 e. The maximum absolute atomic E-state index is 11.3. The molecular weight excluding hydrogens is 305 g/mol. The molecule has 2 amide bonds. The Bertz CT molecular complexity index is 470. The molecule has 0 aliphatic rings. The van der Waals surface area contributed by atoms with E-state index in [4.69, 9.17) is 34.1 Å². The van der Waals surface area contributed by atoms with Gasteiger partial charge in [-0.2, -0.15) is 0 Å². The highest BCUT2D eigenvalue weighted by Crippen LogP contribution is 2.57. The maximum atomic E-state index is 11.3. The van der Waals surface area contributed by atoms with Gasteiger partial charge in [0.25, 0.3) is 5.85 Å². The number of amides is 2. The van der Waals surface area contributed by atoms with Crippen LogP contribution in [-0.4, -0.2) is 6.03 Å². The summed E-state index contributed by atoms with van der Waals surface area (Å²) >= 11 is 16.2. The van der Waals surface area contributed by atoms with Gasteiger partial charge < -0.3 is 10.6 Å². The van der Waals surface area contributed by atoms with Crippen molar-refractivity contribution in [3.63, 3.8) is 0 Å². The molecule has 0 aliphatic heterocycles. The molecular formula is C9H8Cl3N2O2P. The van der Waals surface area contributed by atoms with Gasteiger partial charge in [0, 0.05) is 22.7 Å². The van der Waals surface area contributed by atoms with E-state index in [0.717, 1.165) is 12.0 Å². The molecule has 2 N–H and O–H groups in total. The van der Waals surface area contributed by atoms with Crippen LogP contribution in [0, 0.1) is 0 Å². The second kappa shape index (κ2) is 6.31. The van der Waals surface area contributed by atoms with Crippen molar-refractivity contribution >= 4 is 51.6 Å². The van der Waals surface area contributed by atoms with Gasteiger partial charge in [-0.3, -0.25) is 4.57 Å². The van der Waals surface area contributed by atoms with Crippen LogP contribution in [0.15, 0.2) is 36.3 Å². The minimum absolute atomic E-state index is 0.509. The molecule has 1 aromatic rings. The number of carbonyl (C=O) groups excluding carboxylic acids is 1. The lowest BCUT2D eigenvalue weighted by Gasteiger charge is -2.04.